The molecule has 21 heavy (non-hydrogen) atoms. The Labute approximate surface area is 127 Å². The summed E-state index contributed by atoms with van der Waals surface area (Å²) in [6, 6.07) is 16.8. The van der Waals surface area contributed by atoms with Gasteiger partial charge in [-0.25, -0.2) is 0 Å². The van der Waals surface area contributed by atoms with Crippen LogP contribution in [-0.4, -0.2) is 16.0 Å². The van der Waals surface area contributed by atoms with Crippen molar-refractivity contribution in [2.45, 2.75) is 0 Å². The van der Waals surface area contributed by atoms with Crippen molar-refractivity contribution in [1.82, 2.24) is 10.3 Å². The molecule has 0 aliphatic carbocycles. The van der Waals surface area contributed by atoms with Crippen molar-refractivity contribution >= 4 is 39.8 Å². The van der Waals surface area contributed by atoms with Gasteiger partial charge < -0.3 is 10.3 Å². The van der Waals surface area contributed by atoms with Gasteiger partial charge in [0.1, 0.15) is 0 Å². The number of carbonyl (C=O) groups is 1. The summed E-state index contributed by atoms with van der Waals surface area (Å²) in [7, 11) is 0. The number of aromatic amines is 1. The average Bonchev–Trinajstić information content (AvgIpc) is 2.95. The number of amides is 1. The number of fused-ring (bicyclic) bond motifs is 1. The van der Waals surface area contributed by atoms with Gasteiger partial charge in [-0.05, 0) is 47.9 Å². The number of hydrogen-bond donors (Lipinski definition) is 3. The van der Waals surface area contributed by atoms with E-state index in [2.05, 4.69) is 15.6 Å². The molecule has 4 nitrogen and oxygen atoms in total. The van der Waals surface area contributed by atoms with E-state index in [-0.39, 0.29) is 11.0 Å². The monoisotopic (exact) mass is 295 g/mol. The second-order valence-corrected chi connectivity index (χ2v) is 4.96. The van der Waals surface area contributed by atoms with Gasteiger partial charge in [-0.2, -0.15) is 0 Å². The van der Waals surface area contributed by atoms with Crippen LogP contribution in [0.4, 0.5) is 5.69 Å². The summed E-state index contributed by atoms with van der Waals surface area (Å²) in [5.74, 6) is -0.228. The van der Waals surface area contributed by atoms with Crippen LogP contribution in [0.25, 0.3) is 10.9 Å². The summed E-state index contributed by atoms with van der Waals surface area (Å²) in [5, 5.41) is 7.06. The highest BCUT2D eigenvalue weighted by Crippen LogP contribution is 2.17. The van der Waals surface area contributed by atoms with Crippen molar-refractivity contribution in [1.29, 1.82) is 0 Å². The maximum Gasteiger partial charge on any atom is 0.257 e. The minimum atomic E-state index is -0.228. The summed E-state index contributed by atoms with van der Waals surface area (Å²) in [5.41, 5.74) is 2.40. The third kappa shape index (κ3) is 3.09. The van der Waals surface area contributed by atoms with E-state index in [0.717, 1.165) is 16.6 Å². The molecule has 0 spiro atoms. The Kier molecular flexibility index (Phi) is 3.66. The summed E-state index contributed by atoms with van der Waals surface area (Å²) in [6.45, 7) is 0. The van der Waals surface area contributed by atoms with Crippen molar-refractivity contribution < 1.29 is 4.79 Å². The maximum absolute atomic E-state index is 12.0. The molecule has 5 heteroatoms. The highest BCUT2D eigenvalue weighted by Gasteiger charge is 2.07. The Morgan fingerprint density at radius 3 is 2.67 bits per heavy atom. The molecule has 0 unspecified atom stereocenters. The fourth-order valence-corrected chi connectivity index (χ4v) is 2.26. The van der Waals surface area contributed by atoms with Gasteiger partial charge in [-0.15, -0.1) is 0 Å². The molecule has 0 saturated carbocycles. The third-order valence-corrected chi connectivity index (χ3v) is 3.28. The van der Waals surface area contributed by atoms with E-state index in [9.17, 15) is 4.79 Å². The van der Waals surface area contributed by atoms with Crippen LogP contribution in [0.15, 0.2) is 60.8 Å². The van der Waals surface area contributed by atoms with E-state index in [1.165, 1.54) is 0 Å². The number of thiocarbonyl (C=S) groups is 1. The van der Waals surface area contributed by atoms with Crippen molar-refractivity contribution in [2.75, 3.05) is 5.32 Å². The molecule has 0 atom stereocenters. The zero-order valence-electron chi connectivity index (χ0n) is 11.1. The molecule has 1 aromatic heterocycles. The van der Waals surface area contributed by atoms with Gasteiger partial charge in [0.15, 0.2) is 5.11 Å². The molecule has 0 radical (unpaired) electrons. The van der Waals surface area contributed by atoms with E-state index in [4.69, 9.17) is 12.2 Å². The van der Waals surface area contributed by atoms with Crippen molar-refractivity contribution in [3.05, 3.63) is 66.4 Å². The van der Waals surface area contributed by atoms with Crippen LogP contribution in [0.1, 0.15) is 10.4 Å². The Balaban J connectivity index is 1.67. The van der Waals surface area contributed by atoms with E-state index in [1.807, 2.05) is 48.7 Å². The number of H-pyrrole nitrogens is 1. The van der Waals surface area contributed by atoms with Crippen LogP contribution in [0.2, 0.25) is 0 Å². The Bertz CT molecular complexity index is 795. The fraction of sp³-hybridized carbons (Fsp3) is 0. The Morgan fingerprint density at radius 2 is 1.86 bits per heavy atom. The number of aromatic nitrogens is 1. The molecule has 1 amide bonds. The molecule has 3 rings (SSSR count). The second kappa shape index (κ2) is 5.76. The number of anilines is 1. The first-order chi connectivity index (χ1) is 10.2. The number of benzene rings is 2. The summed E-state index contributed by atoms with van der Waals surface area (Å²) in [6.07, 6.45) is 1.88. The van der Waals surface area contributed by atoms with E-state index >= 15 is 0 Å². The van der Waals surface area contributed by atoms with Gasteiger partial charge in [-0.1, -0.05) is 24.3 Å². The average molecular weight is 295 g/mol. The largest absolute Gasteiger partial charge is 0.361 e. The van der Waals surface area contributed by atoms with Crippen molar-refractivity contribution in [3.8, 4) is 0 Å². The number of carbonyl (C=O) groups excluding carboxylic acids is 1. The van der Waals surface area contributed by atoms with Gasteiger partial charge in [0.2, 0.25) is 0 Å². The maximum atomic E-state index is 12.0. The van der Waals surface area contributed by atoms with Gasteiger partial charge in [0.05, 0.1) is 0 Å². The molecule has 0 aliphatic rings. The third-order valence-electron chi connectivity index (χ3n) is 3.08. The minimum absolute atomic E-state index is 0.228. The molecular weight excluding hydrogens is 282 g/mol. The SMILES string of the molecule is O=C(NC(=S)Nc1ccc2cc[nH]c2c1)c1ccccc1. The predicted octanol–water partition coefficient (Wildman–Crippen LogP) is 3.29. The van der Waals surface area contributed by atoms with E-state index in [1.54, 1.807) is 12.1 Å². The Morgan fingerprint density at radius 1 is 1.05 bits per heavy atom. The van der Waals surface area contributed by atoms with Gasteiger partial charge in [0, 0.05) is 23.0 Å². The number of nitrogens with one attached hydrogen (secondary N) is 3. The number of rotatable bonds is 2. The zero-order chi connectivity index (χ0) is 14.7. The van der Waals surface area contributed by atoms with Crippen LogP contribution in [0, 0.1) is 0 Å². The highest BCUT2D eigenvalue weighted by atomic mass is 32.1. The lowest BCUT2D eigenvalue weighted by atomic mass is 10.2. The molecule has 0 aliphatic heterocycles. The molecule has 0 fully saturated rings. The molecule has 3 N–H and O–H groups in total. The quantitative estimate of drug-likeness (QED) is 0.636. The van der Waals surface area contributed by atoms with E-state index < -0.39 is 0 Å². The first kappa shape index (κ1) is 13.3. The van der Waals surface area contributed by atoms with Crippen LogP contribution in [-0.2, 0) is 0 Å². The van der Waals surface area contributed by atoms with Crippen molar-refractivity contribution in [2.24, 2.45) is 0 Å². The molecular formula is C16H13N3OS. The lowest BCUT2D eigenvalue weighted by molar-refractivity contribution is 0.0978. The van der Waals surface area contributed by atoms with Crippen LogP contribution in [0.5, 0.6) is 0 Å². The Hall–Kier alpha value is -2.66. The molecule has 3 aromatic rings. The topological polar surface area (TPSA) is 56.9 Å². The van der Waals surface area contributed by atoms with Gasteiger partial charge in [0.25, 0.3) is 5.91 Å². The second-order valence-electron chi connectivity index (χ2n) is 4.55. The lowest BCUT2D eigenvalue weighted by Crippen LogP contribution is -2.34. The number of hydrogen-bond acceptors (Lipinski definition) is 2. The molecule has 2 aromatic carbocycles. The summed E-state index contributed by atoms with van der Waals surface area (Å²) >= 11 is 5.16. The summed E-state index contributed by atoms with van der Waals surface area (Å²) < 4.78 is 0. The lowest BCUT2D eigenvalue weighted by Gasteiger charge is -2.09. The molecule has 104 valence electrons. The predicted molar refractivity (Wildman–Crippen MR) is 88.4 cm³/mol. The van der Waals surface area contributed by atoms with Gasteiger partial charge >= 0.3 is 0 Å². The smallest absolute Gasteiger partial charge is 0.257 e. The zero-order valence-corrected chi connectivity index (χ0v) is 11.9. The van der Waals surface area contributed by atoms with Crippen LogP contribution >= 0.6 is 12.2 Å². The van der Waals surface area contributed by atoms with Crippen LogP contribution in [0.3, 0.4) is 0 Å². The van der Waals surface area contributed by atoms with E-state index in [0.29, 0.717) is 5.56 Å². The normalized spacial score (nSPS) is 10.3. The first-order valence-corrected chi connectivity index (χ1v) is 6.88. The van der Waals surface area contributed by atoms with Gasteiger partial charge in [-0.3, -0.25) is 10.1 Å². The standard InChI is InChI=1S/C16H13N3OS/c20-15(12-4-2-1-3-5-12)19-16(21)18-13-7-6-11-8-9-17-14(11)10-13/h1-10,17H,(H2,18,19,20,21). The van der Waals surface area contributed by atoms with Crippen molar-refractivity contribution in [3.63, 3.8) is 0 Å². The fourth-order valence-electron chi connectivity index (χ4n) is 2.05. The molecule has 1 heterocycles. The van der Waals surface area contributed by atoms with Crippen LogP contribution < -0.4 is 10.6 Å². The highest BCUT2D eigenvalue weighted by molar-refractivity contribution is 7.80. The first-order valence-electron chi connectivity index (χ1n) is 6.47. The summed E-state index contributed by atoms with van der Waals surface area (Å²) in [4.78, 5) is 15.1. The molecule has 0 bridgehead atoms. The molecule has 0 saturated heterocycles. The minimum Gasteiger partial charge on any atom is -0.361 e.